The molecule has 1 aliphatic heterocycles. The molecule has 1 saturated heterocycles. The number of carbonyl (C=O) groups is 1. The fraction of sp³-hybridized carbons (Fsp3) is 0.667. The number of aliphatic hydroxyl groups excluding tert-OH is 1. The van der Waals surface area contributed by atoms with Crippen LogP contribution in [0.1, 0.15) is 18.1 Å². The lowest BCUT2D eigenvalue weighted by atomic mass is 10.2. The Morgan fingerprint density at radius 1 is 1.48 bits per heavy atom. The van der Waals surface area contributed by atoms with Crippen molar-refractivity contribution in [1.29, 1.82) is 0 Å². The molecule has 3 unspecified atom stereocenters. The van der Waals surface area contributed by atoms with Gasteiger partial charge >= 0.3 is 0 Å². The van der Waals surface area contributed by atoms with Gasteiger partial charge in [0, 0.05) is 38.0 Å². The summed E-state index contributed by atoms with van der Waals surface area (Å²) in [4.78, 5) is 14.2. The number of β-amino-alcohol motifs (C(OH)–C–C–N with tert-alkyl or cyclic N) is 1. The number of hydrogen-bond donors (Lipinski definition) is 2. The molecule has 6 nitrogen and oxygen atoms in total. The lowest BCUT2D eigenvalue weighted by Crippen LogP contribution is -2.44. The normalized spacial score (nSPS) is 27.3. The number of nitrogens with zero attached hydrogens (tertiary/aromatic N) is 1. The standard InChI is InChI=1S/C15H22N2O4/c18-11(10-17-3-6-20-7-4-17)9-16-15(19)13-8-12(13)14-2-1-5-21-14/h1-2,5,11-13,18H,3-4,6-10H2,(H,16,19). The summed E-state index contributed by atoms with van der Waals surface area (Å²) in [6, 6.07) is 3.75. The summed E-state index contributed by atoms with van der Waals surface area (Å²) < 4.78 is 10.6. The van der Waals surface area contributed by atoms with E-state index in [0.29, 0.717) is 26.3 Å². The molecule has 1 aromatic heterocycles. The summed E-state index contributed by atoms with van der Waals surface area (Å²) in [6.07, 6.45) is 1.93. The highest BCUT2D eigenvalue weighted by atomic mass is 16.5. The predicted molar refractivity (Wildman–Crippen MR) is 75.8 cm³/mol. The molecule has 1 amide bonds. The first-order valence-electron chi connectivity index (χ1n) is 7.53. The second kappa shape index (κ2) is 6.60. The molecule has 2 N–H and O–H groups in total. The quantitative estimate of drug-likeness (QED) is 0.783. The van der Waals surface area contributed by atoms with Crippen LogP contribution in [0.15, 0.2) is 22.8 Å². The van der Waals surface area contributed by atoms with E-state index in [-0.39, 0.29) is 17.7 Å². The first-order chi connectivity index (χ1) is 10.2. The van der Waals surface area contributed by atoms with Crippen LogP contribution >= 0.6 is 0 Å². The van der Waals surface area contributed by atoms with Crippen molar-refractivity contribution >= 4 is 5.91 Å². The number of aliphatic hydroxyl groups is 1. The molecular weight excluding hydrogens is 272 g/mol. The van der Waals surface area contributed by atoms with Crippen LogP contribution in [-0.4, -0.2) is 61.4 Å². The zero-order valence-corrected chi connectivity index (χ0v) is 12.0. The lowest BCUT2D eigenvalue weighted by molar-refractivity contribution is -0.123. The number of hydrogen-bond acceptors (Lipinski definition) is 5. The van der Waals surface area contributed by atoms with E-state index in [0.717, 1.165) is 25.3 Å². The zero-order valence-electron chi connectivity index (χ0n) is 12.0. The average Bonchev–Trinajstić information content (AvgIpc) is 3.11. The third kappa shape index (κ3) is 3.84. The number of amides is 1. The van der Waals surface area contributed by atoms with E-state index in [1.165, 1.54) is 0 Å². The van der Waals surface area contributed by atoms with Gasteiger partial charge in [-0.2, -0.15) is 0 Å². The van der Waals surface area contributed by atoms with Crippen molar-refractivity contribution in [3.63, 3.8) is 0 Å². The molecule has 1 saturated carbocycles. The minimum Gasteiger partial charge on any atom is -0.469 e. The Kier molecular flexibility index (Phi) is 4.57. The first kappa shape index (κ1) is 14.6. The van der Waals surface area contributed by atoms with Crippen molar-refractivity contribution in [3.8, 4) is 0 Å². The molecule has 3 rings (SSSR count). The van der Waals surface area contributed by atoms with E-state index in [4.69, 9.17) is 9.15 Å². The molecule has 2 fully saturated rings. The molecule has 1 aliphatic carbocycles. The van der Waals surface area contributed by atoms with Crippen LogP contribution in [0.5, 0.6) is 0 Å². The average molecular weight is 294 g/mol. The van der Waals surface area contributed by atoms with Gasteiger partial charge in [0.1, 0.15) is 5.76 Å². The fourth-order valence-corrected chi connectivity index (χ4v) is 2.80. The minimum atomic E-state index is -0.534. The van der Waals surface area contributed by atoms with Gasteiger partial charge in [0.25, 0.3) is 0 Å². The van der Waals surface area contributed by atoms with E-state index in [9.17, 15) is 9.90 Å². The van der Waals surface area contributed by atoms with Crippen LogP contribution in [0.4, 0.5) is 0 Å². The SMILES string of the molecule is O=C(NCC(O)CN1CCOCC1)C1CC1c1ccco1. The van der Waals surface area contributed by atoms with Gasteiger partial charge in [-0.15, -0.1) is 0 Å². The molecule has 0 radical (unpaired) electrons. The van der Waals surface area contributed by atoms with E-state index < -0.39 is 6.10 Å². The molecule has 116 valence electrons. The summed E-state index contributed by atoms with van der Waals surface area (Å²) in [7, 11) is 0. The number of ether oxygens (including phenoxy) is 1. The molecule has 2 heterocycles. The molecular formula is C15H22N2O4. The Balaban J connectivity index is 1.36. The predicted octanol–water partition coefficient (Wildman–Crippen LogP) is 0.192. The van der Waals surface area contributed by atoms with Gasteiger partial charge in [0.15, 0.2) is 0 Å². The largest absolute Gasteiger partial charge is 0.469 e. The Morgan fingerprint density at radius 3 is 3.00 bits per heavy atom. The van der Waals surface area contributed by atoms with Gasteiger partial charge in [0.2, 0.25) is 5.91 Å². The maximum atomic E-state index is 12.0. The third-order valence-corrected chi connectivity index (χ3v) is 4.12. The topological polar surface area (TPSA) is 74.9 Å². The molecule has 2 aliphatic rings. The molecule has 1 aromatic rings. The zero-order chi connectivity index (χ0) is 14.7. The summed E-state index contributed by atoms with van der Waals surface area (Å²) in [5.41, 5.74) is 0. The highest BCUT2D eigenvalue weighted by Gasteiger charge is 2.45. The fourth-order valence-electron chi connectivity index (χ4n) is 2.80. The molecule has 0 aromatic carbocycles. The van der Waals surface area contributed by atoms with Crippen LogP contribution in [-0.2, 0) is 9.53 Å². The highest BCUT2D eigenvalue weighted by Crippen LogP contribution is 2.47. The van der Waals surface area contributed by atoms with Gasteiger partial charge in [0.05, 0.1) is 25.6 Å². The number of nitrogens with one attached hydrogen (secondary N) is 1. The van der Waals surface area contributed by atoms with Gasteiger partial charge < -0.3 is 19.6 Å². The Morgan fingerprint density at radius 2 is 2.29 bits per heavy atom. The van der Waals surface area contributed by atoms with Gasteiger partial charge in [-0.25, -0.2) is 0 Å². The smallest absolute Gasteiger partial charge is 0.223 e. The van der Waals surface area contributed by atoms with E-state index in [2.05, 4.69) is 10.2 Å². The van der Waals surface area contributed by atoms with Gasteiger partial charge in [-0.05, 0) is 18.6 Å². The van der Waals surface area contributed by atoms with Gasteiger partial charge in [-0.3, -0.25) is 9.69 Å². The van der Waals surface area contributed by atoms with Crippen molar-refractivity contribution in [2.24, 2.45) is 5.92 Å². The monoisotopic (exact) mass is 294 g/mol. The van der Waals surface area contributed by atoms with Crippen molar-refractivity contribution in [1.82, 2.24) is 10.2 Å². The number of rotatable bonds is 6. The molecule has 21 heavy (non-hydrogen) atoms. The van der Waals surface area contributed by atoms with Crippen molar-refractivity contribution in [2.45, 2.75) is 18.4 Å². The lowest BCUT2D eigenvalue weighted by Gasteiger charge is -2.28. The first-order valence-corrected chi connectivity index (χ1v) is 7.53. The van der Waals surface area contributed by atoms with Gasteiger partial charge in [-0.1, -0.05) is 0 Å². The van der Waals surface area contributed by atoms with Crippen molar-refractivity contribution in [2.75, 3.05) is 39.4 Å². The molecule has 6 heteroatoms. The Hall–Kier alpha value is -1.37. The van der Waals surface area contributed by atoms with Crippen LogP contribution < -0.4 is 5.32 Å². The van der Waals surface area contributed by atoms with Crippen LogP contribution in [0.3, 0.4) is 0 Å². The molecule has 3 atom stereocenters. The molecule has 0 bridgehead atoms. The van der Waals surface area contributed by atoms with E-state index >= 15 is 0 Å². The van der Waals surface area contributed by atoms with Crippen molar-refractivity contribution in [3.05, 3.63) is 24.2 Å². The Bertz CT molecular complexity index is 456. The van der Waals surface area contributed by atoms with E-state index in [1.54, 1.807) is 6.26 Å². The second-order valence-electron chi connectivity index (χ2n) is 5.78. The number of furan rings is 1. The minimum absolute atomic E-state index is 0.00765. The maximum Gasteiger partial charge on any atom is 0.223 e. The summed E-state index contributed by atoms with van der Waals surface area (Å²) in [5.74, 6) is 1.09. The third-order valence-electron chi connectivity index (χ3n) is 4.12. The van der Waals surface area contributed by atoms with Crippen molar-refractivity contribution < 1.29 is 19.1 Å². The summed E-state index contributed by atoms with van der Waals surface area (Å²) >= 11 is 0. The summed E-state index contributed by atoms with van der Waals surface area (Å²) in [5, 5.41) is 12.8. The summed E-state index contributed by atoms with van der Waals surface area (Å²) in [6.45, 7) is 3.99. The maximum absolute atomic E-state index is 12.0. The van der Waals surface area contributed by atoms with Crippen LogP contribution in [0.25, 0.3) is 0 Å². The van der Waals surface area contributed by atoms with Crippen LogP contribution in [0.2, 0.25) is 0 Å². The Labute approximate surface area is 124 Å². The number of carbonyl (C=O) groups excluding carboxylic acids is 1. The van der Waals surface area contributed by atoms with Crippen LogP contribution in [0, 0.1) is 5.92 Å². The second-order valence-corrected chi connectivity index (χ2v) is 5.78. The highest BCUT2D eigenvalue weighted by molar-refractivity contribution is 5.82. The van der Waals surface area contributed by atoms with E-state index in [1.807, 2.05) is 12.1 Å². The molecule has 0 spiro atoms. The number of morpholine rings is 1.